The van der Waals surface area contributed by atoms with Crippen molar-refractivity contribution in [3.05, 3.63) is 57.8 Å². The van der Waals surface area contributed by atoms with Crippen LogP contribution in [0.4, 0.5) is 0 Å². The molecule has 1 amide bonds. The minimum absolute atomic E-state index is 0.0175. The third-order valence-electron chi connectivity index (χ3n) is 3.79. The molecule has 1 unspecified atom stereocenters. The summed E-state index contributed by atoms with van der Waals surface area (Å²) in [5.41, 5.74) is 2.68. The molecule has 0 radical (unpaired) electrons. The van der Waals surface area contributed by atoms with Crippen LogP contribution in [0.1, 0.15) is 40.9 Å². The molecule has 3 rings (SSSR count). The van der Waals surface area contributed by atoms with Crippen LogP contribution in [-0.2, 0) is 16.1 Å². The molecule has 0 fully saturated rings. The molecule has 2 heterocycles. The number of nitrogens with zero attached hydrogens (tertiary/aromatic N) is 1. The molecule has 1 aliphatic heterocycles. The Morgan fingerprint density at radius 2 is 2.14 bits per heavy atom. The lowest BCUT2D eigenvalue weighted by Gasteiger charge is -2.24. The van der Waals surface area contributed by atoms with E-state index in [-0.39, 0.29) is 24.3 Å². The second-order valence-electron chi connectivity index (χ2n) is 5.18. The first kappa shape index (κ1) is 14.8. The molecule has 0 saturated carbocycles. The van der Waals surface area contributed by atoms with Gasteiger partial charge in [-0.15, -0.1) is 0 Å². The number of hydrogen-bond donors (Lipinski definition) is 0. The summed E-state index contributed by atoms with van der Waals surface area (Å²) >= 11 is 1.60. The molecule has 0 N–H and O–H groups in total. The fourth-order valence-corrected chi connectivity index (χ4v) is 3.47. The minimum atomic E-state index is -0.271. The van der Waals surface area contributed by atoms with Gasteiger partial charge in [-0.2, -0.15) is 11.3 Å². The second-order valence-corrected chi connectivity index (χ2v) is 5.96. The molecule has 2 aromatic rings. The van der Waals surface area contributed by atoms with E-state index in [9.17, 15) is 9.59 Å². The number of benzene rings is 1. The van der Waals surface area contributed by atoms with Crippen molar-refractivity contribution in [2.24, 2.45) is 0 Å². The van der Waals surface area contributed by atoms with Gasteiger partial charge in [-0.1, -0.05) is 18.2 Å². The molecular weight excluding hydrogens is 298 g/mol. The van der Waals surface area contributed by atoms with E-state index >= 15 is 0 Å². The third kappa shape index (κ3) is 2.76. The van der Waals surface area contributed by atoms with Gasteiger partial charge in [0.25, 0.3) is 5.91 Å². The highest BCUT2D eigenvalue weighted by Gasteiger charge is 2.37. The highest BCUT2D eigenvalue weighted by Crippen LogP contribution is 2.37. The summed E-state index contributed by atoms with van der Waals surface area (Å²) in [5.74, 6) is -0.288. The van der Waals surface area contributed by atoms with Crippen molar-refractivity contribution in [2.45, 2.75) is 25.9 Å². The van der Waals surface area contributed by atoms with Crippen LogP contribution in [0.5, 0.6) is 0 Å². The van der Waals surface area contributed by atoms with Gasteiger partial charge in [-0.3, -0.25) is 9.59 Å². The zero-order valence-electron chi connectivity index (χ0n) is 12.3. The molecular formula is C17H17NO3S. The van der Waals surface area contributed by atoms with Gasteiger partial charge in [0.05, 0.1) is 19.1 Å². The first-order valence-electron chi connectivity index (χ1n) is 7.27. The zero-order valence-corrected chi connectivity index (χ0v) is 13.1. The van der Waals surface area contributed by atoms with Gasteiger partial charge in [0.15, 0.2) is 0 Å². The second kappa shape index (κ2) is 6.32. The Labute approximate surface area is 133 Å². The maximum absolute atomic E-state index is 12.6. The topological polar surface area (TPSA) is 46.6 Å². The van der Waals surface area contributed by atoms with Crippen LogP contribution in [0.2, 0.25) is 0 Å². The van der Waals surface area contributed by atoms with Crippen LogP contribution in [0, 0.1) is 0 Å². The number of ether oxygens (including phenoxy) is 1. The smallest absolute Gasteiger partial charge is 0.308 e. The molecule has 5 heteroatoms. The van der Waals surface area contributed by atoms with Gasteiger partial charge < -0.3 is 9.64 Å². The first-order valence-corrected chi connectivity index (χ1v) is 8.21. The average Bonchev–Trinajstić information content (AvgIpc) is 3.11. The Morgan fingerprint density at radius 3 is 2.86 bits per heavy atom. The summed E-state index contributed by atoms with van der Waals surface area (Å²) in [7, 11) is 0. The Kier molecular flexibility index (Phi) is 4.24. The van der Waals surface area contributed by atoms with Gasteiger partial charge in [0, 0.05) is 12.1 Å². The van der Waals surface area contributed by atoms with Crippen LogP contribution in [0.25, 0.3) is 0 Å². The number of amides is 1. The van der Waals surface area contributed by atoms with E-state index < -0.39 is 0 Å². The quantitative estimate of drug-likeness (QED) is 0.795. The average molecular weight is 315 g/mol. The number of carbonyl (C=O) groups is 2. The molecule has 22 heavy (non-hydrogen) atoms. The number of esters is 1. The molecule has 0 saturated heterocycles. The van der Waals surface area contributed by atoms with Gasteiger partial charge in [-0.05, 0) is 40.9 Å². The maximum atomic E-state index is 12.6. The SMILES string of the molecule is CCOC(=O)CC1c2ccccc2C(=O)N1Cc1ccsc1. The molecule has 1 aromatic carbocycles. The lowest BCUT2D eigenvalue weighted by molar-refractivity contribution is -0.144. The molecule has 0 bridgehead atoms. The standard InChI is InChI=1S/C17H17NO3S/c1-2-21-16(19)9-15-13-5-3-4-6-14(13)17(20)18(15)10-12-7-8-22-11-12/h3-8,11,15H,2,9-10H2,1H3. The molecule has 4 nitrogen and oxygen atoms in total. The van der Waals surface area contributed by atoms with Gasteiger partial charge in [0.2, 0.25) is 0 Å². The highest BCUT2D eigenvalue weighted by molar-refractivity contribution is 7.07. The third-order valence-corrected chi connectivity index (χ3v) is 4.52. The van der Waals surface area contributed by atoms with E-state index in [0.29, 0.717) is 18.7 Å². The normalized spacial score (nSPS) is 16.7. The van der Waals surface area contributed by atoms with Crippen LogP contribution < -0.4 is 0 Å². The number of hydrogen-bond acceptors (Lipinski definition) is 4. The first-order chi connectivity index (χ1) is 10.7. The lowest BCUT2D eigenvalue weighted by atomic mass is 10.0. The Bertz CT molecular complexity index is 681. The van der Waals surface area contributed by atoms with E-state index in [1.54, 1.807) is 23.2 Å². The summed E-state index contributed by atoms with van der Waals surface area (Å²) in [5, 5.41) is 4.01. The number of thiophene rings is 1. The van der Waals surface area contributed by atoms with E-state index in [0.717, 1.165) is 11.1 Å². The molecule has 0 spiro atoms. The van der Waals surface area contributed by atoms with Crippen molar-refractivity contribution in [3.63, 3.8) is 0 Å². The van der Waals surface area contributed by atoms with Crippen molar-refractivity contribution < 1.29 is 14.3 Å². The Morgan fingerprint density at radius 1 is 1.32 bits per heavy atom. The van der Waals surface area contributed by atoms with E-state index in [2.05, 4.69) is 0 Å². The fraction of sp³-hybridized carbons (Fsp3) is 0.294. The Hall–Kier alpha value is -2.14. The summed E-state index contributed by atoms with van der Waals surface area (Å²) in [6.07, 6.45) is 0.195. The van der Waals surface area contributed by atoms with Gasteiger partial charge >= 0.3 is 5.97 Å². The van der Waals surface area contributed by atoms with Crippen LogP contribution in [0.3, 0.4) is 0 Å². The lowest BCUT2D eigenvalue weighted by Crippen LogP contribution is -2.29. The number of rotatable bonds is 5. The molecule has 114 valence electrons. The van der Waals surface area contributed by atoms with Crippen LogP contribution in [-0.4, -0.2) is 23.4 Å². The minimum Gasteiger partial charge on any atom is -0.466 e. The van der Waals surface area contributed by atoms with E-state index in [1.807, 2.05) is 41.1 Å². The van der Waals surface area contributed by atoms with Gasteiger partial charge in [0.1, 0.15) is 0 Å². The van der Waals surface area contributed by atoms with E-state index in [4.69, 9.17) is 4.74 Å². The van der Waals surface area contributed by atoms with E-state index in [1.165, 1.54) is 0 Å². The van der Waals surface area contributed by atoms with Crippen molar-refractivity contribution in [3.8, 4) is 0 Å². The number of carbonyl (C=O) groups excluding carboxylic acids is 2. The fourth-order valence-electron chi connectivity index (χ4n) is 2.81. The molecule has 1 atom stereocenters. The Balaban J connectivity index is 1.89. The predicted octanol–water partition coefficient (Wildman–Crippen LogP) is 3.40. The highest BCUT2D eigenvalue weighted by atomic mass is 32.1. The number of fused-ring (bicyclic) bond motifs is 1. The van der Waals surface area contributed by atoms with Crippen molar-refractivity contribution in [2.75, 3.05) is 6.61 Å². The van der Waals surface area contributed by atoms with Crippen molar-refractivity contribution >= 4 is 23.2 Å². The monoisotopic (exact) mass is 315 g/mol. The molecule has 1 aliphatic rings. The zero-order chi connectivity index (χ0) is 15.5. The predicted molar refractivity (Wildman–Crippen MR) is 84.6 cm³/mol. The summed E-state index contributed by atoms with van der Waals surface area (Å²) in [6, 6.07) is 9.25. The largest absolute Gasteiger partial charge is 0.466 e. The van der Waals surface area contributed by atoms with Crippen molar-refractivity contribution in [1.29, 1.82) is 0 Å². The van der Waals surface area contributed by atoms with Crippen molar-refractivity contribution in [1.82, 2.24) is 4.90 Å². The molecule has 1 aromatic heterocycles. The van der Waals surface area contributed by atoms with Crippen LogP contribution >= 0.6 is 11.3 Å². The summed E-state index contributed by atoms with van der Waals surface area (Å²) in [4.78, 5) is 26.3. The summed E-state index contributed by atoms with van der Waals surface area (Å²) in [6.45, 7) is 2.65. The maximum Gasteiger partial charge on any atom is 0.308 e. The van der Waals surface area contributed by atoms with Crippen LogP contribution in [0.15, 0.2) is 41.1 Å². The van der Waals surface area contributed by atoms with Gasteiger partial charge in [-0.25, -0.2) is 0 Å². The summed E-state index contributed by atoms with van der Waals surface area (Å²) < 4.78 is 5.06. The molecule has 0 aliphatic carbocycles.